The van der Waals surface area contributed by atoms with Gasteiger partial charge in [0, 0.05) is 11.1 Å². The number of rotatable bonds is 5. The van der Waals surface area contributed by atoms with Crippen molar-refractivity contribution in [1.82, 2.24) is 0 Å². The third-order valence-corrected chi connectivity index (χ3v) is 2.48. The van der Waals surface area contributed by atoms with Crippen LogP contribution < -0.4 is 15.4 Å². The number of methoxy groups -OCH3 is 2. The summed E-state index contributed by atoms with van der Waals surface area (Å²) in [6, 6.07) is 3.27. The Morgan fingerprint density at radius 2 is 1.76 bits per heavy atom. The second-order valence-electron chi connectivity index (χ2n) is 4.15. The van der Waals surface area contributed by atoms with Crippen LogP contribution in [0.1, 0.15) is 25.0 Å². The van der Waals surface area contributed by atoms with Crippen molar-refractivity contribution in [1.29, 1.82) is 0 Å². The Bertz CT molecular complexity index is 388. The summed E-state index contributed by atoms with van der Waals surface area (Å²) in [6.45, 7) is 3.10. The fraction of sp³-hybridized carbons (Fsp3) is 0.500. The molecule has 0 aliphatic rings. The summed E-state index contributed by atoms with van der Waals surface area (Å²) < 4.78 is 24.4. The lowest BCUT2D eigenvalue weighted by Crippen LogP contribution is -2.12. The molecular formula is C12H18FNO3. The zero-order valence-electron chi connectivity index (χ0n) is 10.5. The first-order valence-electron chi connectivity index (χ1n) is 5.20. The molecule has 0 heterocycles. The topological polar surface area (TPSA) is 53.7 Å². The van der Waals surface area contributed by atoms with Gasteiger partial charge in [-0.15, -0.1) is 0 Å². The Morgan fingerprint density at radius 3 is 2.18 bits per heavy atom. The first-order valence-corrected chi connectivity index (χ1v) is 5.20. The summed E-state index contributed by atoms with van der Waals surface area (Å²) in [5.41, 5.74) is -0.377. The molecule has 0 atom stereocenters. The van der Waals surface area contributed by atoms with Crippen LogP contribution in [0.2, 0.25) is 0 Å². The van der Waals surface area contributed by atoms with Crippen molar-refractivity contribution >= 4 is 0 Å². The molecule has 0 radical (unpaired) electrons. The summed E-state index contributed by atoms with van der Waals surface area (Å²) >= 11 is 0. The fourth-order valence-corrected chi connectivity index (χ4v) is 1.63. The Balaban J connectivity index is 3.33. The number of hydrogen-bond acceptors (Lipinski definition) is 4. The number of halogens is 1. The summed E-state index contributed by atoms with van der Waals surface area (Å²) in [6.07, 6.45) is 0. The van der Waals surface area contributed by atoms with E-state index in [2.05, 4.69) is 4.84 Å². The minimum absolute atomic E-state index is 0.173. The number of hydrogen-bond donors (Lipinski definition) is 1. The number of nitrogens with two attached hydrogens (primary N) is 1. The van der Waals surface area contributed by atoms with E-state index in [1.54, 1.807) is 12.1 Å². The van der Waals surface area contributed by atoms with Gasteiger partial charge in [0.15, 0.2) is 0 Å². The largest absolute Gasteiger partial charge is 0.496 e. The highest BCUT2D eigenvalue weighted by Gasteiger charge is 2.25. The van der Waals surface area contributed by atoms with Crippen LogP contribution >= 0.6 is 0 Å². The minimum Gasteiger partial charge on any atom is -0.496 e. The highest BCUT2D eigenvalue weighted by atomic mass is 19.1. The van der Waals surface area contributed by atoms with Crippen LogP contribution in [0.4, 0.5) is 4.39 Å². The highest BCUT2D eigenvalue weighted by Crippen LogP contribution is 2.37. The molecule has 0 aliphatic carbocycles. The van der Waals surface area contributed by atoms with Gasteiger partial charge in [0.25, 0.3) is 0 Å². The monoisotopic (exact) mass is 243 g/mol. The molecule has 17 heavy (non-hydrogen) atoms. The van der Waals surface area contributed by atoms with Gasteiger partial charge in [0.2, 0.25) is 0 Å². The molecule has 1 aromatic carbocycles. The second-order valence-corrected chi connectivity index (χ2v) is 4.15. The van der Waals surface area contributed by atoms with Gasteiger partial charge in [-0.2, -0.15) is 0 Å². The summed E-state index contributed by atoms with van der Waals surface area (Å²) in [5, 5.41) is 0. The maximum Gasteiger partial charge on any atom is 0.134 e. The smallest absolute Gasteiger partial charge is 0.134 e. The molecule has 0 fully saturated rings. The molecule has 0 unspecified atom stereocenters. The Kier molecular flexibility index (Phi) is 4.31. The minimum atomic E-state index is -1.51. The van der Waals surface area contributed by atoms with Gasteiger partial charge in [0.05, 0.1) is 20.8 Å². The maximum absolute atomic E-state index is 14.0. The summed E-state index contributed by atoms with van der Waals surface area (Å²) in [5.74, 6) is 6.00. The van der Waals surface area contributed by atoms with Crippen molar-refractivity contribution in [3.8, 4) is 11.5 Å². The fourth-order valence-electron chi connectivity index (χ4n) is 1.63. The number of alkyl halides is 1. The lowest BCUT2D eigenvalue weighted by atomic mass is 9.97. The molecule has 0 bridgehead atoms. The predicted octanol–water partition coefficient (Wildman–Crippen LogP) is 2.30. The van der Waals surface area contributed by atoms with Gasteiger partial charge < -0.3 is 9.47 Å². The Labute approximate surface area is 100 Å². The van der Waals surface area contributed by atoms with Crippen LogP contribution in [-0.4, -0.2) is 14.2 Å². The van der Waals surface area contributed by atoms with Crippen molar-refractivity contribution < 1.29 is 18.7 Å². The third kappa shape index (κ3) is 3.08. The van der Waals surface area contributed by atoms with Crippen molar-refractivity contribution in [2.45, 2.75) is 26.1 Å². The molecule has 5 heteroatoms. The van der Waals surface area contributed by atoms with Crippen LogP contribution in [-0.2, 0) is 17.1 Å². The van der Waals surface area contributed by atoms with E-state index in [0.29, 0.717) is 22.6 Å². The normalized spacial score (nSPS) is 11.4. The van der Waals surface area contributed by atoms with Crippen molar-refractivity contribution in [3.05, 3.63) is 23.3 Å². The van der Waals surface area contributed by atoms with E-state index in [4.69, 9.17) is 15.4 Å². The van der Waals surface area contributed by atoms with Crippen molar-refractivity contribution in [2.24, 2.45) is 5.90 Å². The van der Waals surface area contributed by atoms with E-state index in [1.807, 2.05) is 0 Å². The Morgan fingerprint density at radius 1 is 1.18 bits per heavy atom. The summed E-state index contributed by atoms with van der Waals surface area (Å²) in [7, 11) is 3.00. The standard InChI is InChI=1S/C12H18FNO3/c1-12(2,13)9-6-10(15-3)8(7-17-14)5-11(9)16-4/h5-6H,7,14H2,1-4H3. The average molecular weight is 243 g/mol. The first kappa shape index (κ1) is 13.7. The van der Waals surface area contributed by atoms with Crippen LogP contribution in [0, 0.1) is 0 Å². The zero-order chi connectivity index (χ0) is 13.1. The molecule has 0 aromatic heterocycles. The van der Waals surface area contributed by atoms with Crippen LogP contribution in [0.5, 0.6) is 11.5 Å². The molecule has 0 amide bonds. The lowest BCUT2D eigenvalue weighted by molar-refractivity contribution is 0.121. The molecule has 0 saturated carbocycles. The molecule has 2 N–H and O–H groups in total. The molecule has 0 spiro atoms. The van der Waals surface area contributed by atoms with Crippen LogP contribution in [0.25, 0.3) is 0 Å². The number of benzene rings is 1. The molecule has 0 saturated heterocycles. The second kappa shape index (κ2) is 5.33. The molecule has 96 valence electrons. The zero-order valence-corrected chi connectivity index (χ0v) is 10.5. The van der Waals surface area contributed by atoms with Crippen molar-refractivity contribution in [3.63, 3.8) is 0 Å². The first-order chi connectivity index (χ1) is 7.93. The highest BCUT2D eigenvalue weighted by molar-refractivity contribution is 5.48. The van der Waals surface area contributed by atoms with Gasteiger partial charge in [-0.1, -0.05) is 0 Å². The number of ether oxygens (including phenoxy) is 2. The predicted molar refractivity (Wildman–Crippen MR) is 62.7 cm³/mol. The average Bonchev–Trinajstić information content (AvgIpc) is 2.27. The molecule has 1 rings (SSSR count). The van der Waals surface area contributed by atoms with Crippen LogP contribution in [0.3, 0.4) is 0 Å². The SMILES string of the molecule is COc1cc(C(C)(C)F)c(OC)cc1CON. The van der Waals surface area contributed by atoms with Crippen LogP contribution in [0.15, 0.2) is 12.1 Å². The quantitative estimate of drug-likeness (QED) is 0.806. The van der Waals surface area contributed by atoms with Crippen molar-refractivity contribution in [2.75, 3.05) is 14.2 Å². The third-order valence-electron chi connectivity index (χ3n) is 2.48. The molecular weight excluding hydrogens is 225 g/mol. The lowest BCUT2D eigenvalue weighted by Gasteiger charge is -2.20. The van der Waals surface area contributed by atoms with E-state index in [-0.39, 0.29) is 6.61 Å². The van der Waals surface area contributed by atoms with E-state index in [9.17, 15) is 4.39 Å². The van der Waals surface area contributed by atoms with Gasteiger partial charge in [0.1, 0.15) is 17.2 Å². The van der Waals surface area contributed by atoms with Gasteiger partial charge in [-0.05, 0) is 26.0 Å². The van der Waals surface area contributed by atoms with Gasteiger partial charge in [-0.25, -0.2) is 10.3 Å². The van der Waals surface area contributed by atoms with Gasteiger partial charge in [-0.3, -0.25) is 4.84 Å². The molecule has 0 aliphatic heterocycles. The molecule has 4 nitrogen and oxygen atoms in total. The maximum atomic E-state index is 14.0. The van der Waals surface area contributed by atoms with E-state index >= 15 is 0 Å². The van der Waals surface area contributed by atoms with Gasteiger partial charge >= 0.3 is 0 Å². The van der Waals surface area contributed by atoms with E-state index in [0.717, 1.165) is 0 Å². The van der Waals surface area contributed by atoms with E-state index in [1.165, 1.54) is 28.1 Å². The Hall–Kier alpha value is -1.33. The summed E-state index contributed by atoms with van der Waals surface area (Å²) in [4.78, 5) is 4.57. The molecule has 1 aromatic rings. The van der Waals surface area contributed by atoms with E-state index < -0.39 is 5.67 Å².